The van der Waals surface area contributed by atoms with Gasteiger partial charge in [0.15, 0.2) is 0 Å². The lowest BCUT2D eigenvalue weighted by Crippen LogP contribution is -2.31. The lowest BCUT2D eigenvalue weighted by atomic mass is 9.99. The number of benzene rings is 1. The first-order valence-electron chi connectivity index (χ1n) is 5.82. The topological polar surface area (TPSA) is 46.3 Å². The number of carbonyl (C=O) groups is 1. The van der Waals surface area contributed by atoms with E-state index >= 15 is 0 Å². The first kappa shape index (κ1) is 11.0. The Balaban J connectivity index is 2.11. The Morgan fingerprint density at radius 2 is 2.06 bits per heavy atom. The fraction of sp³-hybridized carbons (Fsp3) is 0.462. The van der Waals surface area contributed by atoms with Crippen LogP contribution >= 0.6 is 0 Å². The van der Waals surface area contributed by atoms with Crippen LogP contribution in [0.2, 0.25) is 0 Å². The number of anilines is 1. The van der Waals surface area contributed by atoms with Crippen LogP contribution in [0.25, 0.3) is 0 Å². The molecule has 3 heteroatoms. The normalized spacial score (nSPS) is 17.4. The largest absolute Gasteiger partial charge is 0.399 e. The Hall–Kier alpha value is -1.51. The summed E-state index contributed by atoms with van der Waals surface area (Å²) in [5.74, 6) is 0.143. The third-order valence-corrected chi connectivity index (χ3v) is 3.20. The van der Waals surface area contributed by atoms with Crippen molar-refractivity contribution in [2.24, 2.45) is 0 Å². The van der Waals surface area contributed by atoms with Crippen LogP contribution in [0.4, 0.5) is 5.69 Å². The number of hydrogen-bond donors (Lipinski definition) is 1. The van der Waals surface area contributed by atoms with Gasteiger partial charge in [0.1, 0.15) is 0 Å². The third-order valence-electron chi connectivity index (χ3n) is 3.20. The van der Waals surface area contributed by atoms with Gasteiger partial charge in [0.25, 0.3) is 0 Å². The van der Waals surface area contributed by atoms with E-state index in [1.54, 1.807) is 0 Å². The summed E-state index contributed by atoms with van der Waals surface area (Å²) in [6.07, 6.45) is 2.27. The van der Waals surface area contributed by atoms with Gasteiger partial charge in [0.05, 0.1) is 5.92 Å². The summed E-state index contributed by atoms with van der Waals surface area (Å²) in [6.45, 7) is 3.77. The van der Waals surface area contributed by atoms with Crippen molar-refractivity contribution in [1.29, 1.82) is 0 Å². The Morgan fingerprint density at radius 3 is 2.69 bits per heavy atom. The van der Waals surface area contributed by atoms with E-state index in [0.717, 1.165) is 37.2 Å². The molecule has 2 rings (SSSR count). The highest BCUT2D eigenvalue weighted by atomic mass is 16.2. The molecule has 86 valence electrons. The van der Waals surface area contributed by atoms with E-state index in [0.29, 0.717) is 0 Å². The maximum absolute atomic E-state index is 12.1. The van der Waals surface area contributed by atoms with Gasteiger partial charge in [-0.2, -0.15) is 0 Å². The zero-order valence-corrected chi connectivity index (χ0v) is 9.65. The highest BCUT2D eigenvalue weighted by Gasteiger charge is 2.24. The second-order valence-electron chi connectivity index (χ2n) is 4.42. The van der Waals surface area contributed by atoms with Gasteiger partial charge >= 0.3 is 0 Å². The molecule has 1 amide bonds. The minimum Gasteiger partial charge on any atom is -0.399 e. The second-order valence-corrected chi connectivity index (χ2v) is 4.42. The summed E-state index contributed by atoms with van der Waals surface area (Å²) >= 11 is 0. The number of likely N-dealkylation sites (tertiary alicyclic amines) is 1. The van der Waals surface area contributed by atoms with Gasteiger partial charge in [-0.15, -0.1) is 0 Å². The molecule has 0 saturated carbocycles. The molecule has 0 bridgehead atoms. The molecule has 0 aliphatic carbocycles. The van der Waals surface area contributed by atoms with Crippen molar-refractivity contribution in [3.63, 3.8) is 0 Å². The molecule has 1 aromatic carbocycles. The molecule has 1 aliphatic rings. The average molecular weight is 218 g/mol. The fourth-order valence-electron chi connectivity index (χ4n) is 2.18. The Labute approximate surface area is 96.2 Å². The predicted octanol–water partition coefficient (Wildman–Crippen LogP) is 1.99. The number of nitrogens with zero attached hydrogens (tertiary/aromatic N) is 1. The maximum Gasteiger partial charge on any atom is 0.229 e. The summed E-state index contributed by atoms with van der Waals surface area (Å²) in [7, 11) is 0. The van der Waals surface area contributed by atoms with Crippen molar-refractivity contribution in [3.05, 3.63) is 29.8 Å². The van der Waals surface area contributed by atoms with E-state index in [-0.39, 0.29) is 11.8 Å². The SMILES string of the molecule is CC(C(=O)N1CCCC1)c1cccc(N)c1. The molecule has 0 aromatic heterocycles. The highest BCUT2D eigenvalue weighted by Crippen LogP contribution is 2.22. The minimum atomic E-state index is -0.0819. The molecule has 0 spiro atoms. The summed E-state index contributed by atoms with van der Waals surface area (Å²) in [6, 6.07) is 7.60. The van der Waals surface area contributed by atoms with Crippen LogP contribution in [0.15, 0.2) is 24.3 Å². The first-order valence-corrected chi connectivity index (χ1v) is 5.82. The number of rotatable bonds is 2. The molecule has 1 aromatic rings. The molecule has 16 heavy (non-hydrogen) atoms. The number of hydrogen-bond acceptors (Lipinski definition) is 2. The van der Waals surface area contributed by atoms with Crippen LogP contribution < -0.4 is 5.73 Å². The van der Waals surface area contributed by atoms with E-state index in [1.807, 2.05) is 36.1 Å². The molecular weight excluding hydrogens is 200 g/mol. The van der Waals surface area contributed by atoms with Crippen LogP contribution in [-0.2, 0) is 4.79 Å². The van der Waals surface area contributed by atoms with Crippen LogP contribution in [0, 0.1) is 0 Å². The standard InChI is InChI=1S/C13H18N2O/c1-10(11-5-4-6-12(14)9-11)13(16)15-7-2-3-8-15/h4-6,9-10H,2-3,7-8,14H2,1H3. The molecule has 1 atom stereocenters. The third kappa shape index (κ3) is 2.18. The molecule has 2 N–H and O–H groups in total. The zero-order valence-electron chi connectivity index (χ0n) is 9.65. The Bertz CT molecular complexity index is 383. The number of carbonyl (C=O) groups excluding carboxylic acids is 1. The van der Waals surface area contributed by atoms with Crippen LogP contribution in [-0.4, -0.2) is 23.9 Å². The summed E-state index contributed by atoms with van der Waals surface area (Å²) < 4.78 is 0. The Morgan fingerprint density at radius 1 is 1.38 bits per heavy atom. The van der Waals surface area contributed by atoms with Gasteiger partial charge < -0.3 is 10.6 Å². The van der Waals surface area contributed by atoms with E-state index in [2.05, 4.69) is 0 Å². The molecule has 1 heterocycles. The van der Waals surface area contributed by atoms with Crippen LogP contribution in [0.3, 0.4) is 0 Å². The van der Waals surface area contributed by atoms with Gasteiger partial charge in [0, 0.05) is 18.8 Å². The summed E-state index contributed by atoms with van der Waals surface area (Å²) in [4.78, 5) is 14.1. The van der Waals surface area contributed by atoms with Gasteiger partial charge in [-0.05, 0) is 37.5 Å². The summed E-state index contributed by atoms with van der Waals surface area (Å²) in [5.41, 5.74) is 7.46. The first-order chi connectivity index (χ1) is 7.68. The molecule has 1 fully saturated rings. The van der Waals surface area contributed by atoms with Crippen molar-refractivity contribution in [2.45, 2.75) is 25.7 Å². The van der Waals surface area contributed by atoms with Gasteiger partial charge in [-0.25, -0.2) is 0 Å². The number of amides is 1. The van der Waals surface area contributed by atoms with Crippen molar-refractivity contribution < 1.29 is 4.79 Å². The van der Waals surface area contributed by atoms with Gasteiger partial charge in [-0.3, -0.25) is 4.79 Å². The lowest BCUT2D eigenvalue weighted by molar-refractivity contribution is -0.131. The zero-order chi connectivity index (χ0) is 11.5. The van der Waals surface area contributed by atoms with E-state index in [1.165, 1.54) is 0 Å². The quantitative estimate of drug-likeness (QED) is 0.772. The molecule has 1 aliphatic heterocycles. The van der Waals surface area contributed by atoms with E-state index in [9.17, 15) is 4.79 Å². The second kappa shape index (κ2) is 4.56. The fourth-order valence-corrected chi connectivity index (χ4v) is 2.18. The minimum absolute atomic E-state index is 0.0819. The average Bonchev–Trinajstić information content (AvgIpc) is 2.80. The molecule has 1 unspecified atom stereocenters. The maximum atomic E-state index is 12.1. The molecule has 3 nitrogen and oxygen atoms in total. The van der Waals surface area contributed by atoms with Crippen molar-refractivity contribution in [1.82, 2.24) is 4.90 Å². The Kier molecular flexibility index (Phi) is 3.13. The van der Waals surface area contributed by atoms with E-state index < -0.39 is 0 Å². The molecular formula is C13H18N2O. The molecule has 0 radical (unpaired) electrons. The van der Waals surface area contributed by atoms with Crippen molar-refractivity contribution in [2.75, 3.05) is 18.8 Å². The van der Waals surface area contributed by atoms with Gasteiger partial charge in [-0.1, -0.05) is 12.1 Å². The smallest absolute Gasteiger partial charge is 0.229 e. The van der Waals surface area contributed by atoms with Crippen molar-refractivity contribution in [3.8, 4) is 0 Å². The predicted molar refractivity (Wildman–Crippen MR) is 65.1 cm³/mol. The monoisotopic (exact) mass is 218 g/mol. The summed E-state index contributed by atoms with van der Waals surface area (Å²) in [5, 5.41) is 0. The molecule has 1 saturated heterocycles. The van der Waals surface area contributed by atoms with Gasteiger partial charge in [0.2, 0.25) is 5.91 Å². The van der Waals surface area contributed by atoms with Crippen LogP contribution in [0.5, 0.6) is 0 Å². The highest BCUT2D eigenvalue weighted by molar-refractivity contribution is 5.83. The van der Waals surface area contributed by atoms with Crippen molar-refractivity contribution >= 4 is 11.6 Å². The number of nitrogens with two attached hydrogens (primary N) is 1. The lowest BCUT2D eigenvalue weighted by Gasteiger charge is -2.20. The van der Waals surface area contributed by atoms with E-state index in [4.69, 9.17) is 5.73 Å². The number of nitrogen functional groups attached to an aromatic ring is 1. The van der Waals surface area contributed by atoms with Crippen LogP contribution in [0.1, 0.15) is 31.2 Å².